The fraction of sp³-hybridized carbons (Fsp3) is 0.125. The summed E-state index contributed by atoms with van der Waals surface area (Å²) in [5, 5.41) is 12.2. The largest absolute Gasteiger partial charge is 0.481 e. The number of ketones is 1. The molecule has 0 fully saturated rings. The smallest absolute Gasteiger partial charge is 0.311 e. The van der Waals surface area contributed by atoms with Crippen molar-refractivity contribution in [2.24, 2.45) is 0 Å². The van der Waals surface area contributed by atoms with E-state index in [2.05, 4.69) is 4.98 Å². The Labute approximate surface area is 125 Å². The lowest BCUT2D eigenvalue weighted by Crippen LogP contribution is -2.15. The van der Waals surface area contributed by atoms with Crippen LogP contribution in [0.3, 0.4) is 0 Å². The van der Waals surface area contributed by atoms with Crippen molar-refractivity contribution in [1.82, 2.24) is 4.98 Å². The maximum absolute atomic E-state index is 12.2. The Hall–Kier alpha value is -2.40. The minimum Gasteiger partial charge on any atom is -0.481 e. The third kappa shape index (κ3) is 2.60. The molecule has 2 aromatic heterocycles. The summed E-state index contributed by atoms with van der Waals surface area (Å²) in [6.45, 7) is 0. The first-order chi connectivity index (χ1) is 10.2. The lowest BCUT2D eigenvalue weighted by Gasteiger charge is -2.10. The molecule has 1 unspecified atom stereocenters. The minimum absolute atomic E-state index is 0.0301. The van der Waals surface area contributed by atoms with E-state index in [0.717, 1.165) is 10.9 Å². The molecule has 4 nitrogen and oxygen atoms in total. The highest BCUT2D eigenvalue weighted by atomic mass is 32.1. The van der Waals surface area contributed by atoms with Crippen LogP contribution in [0.4, 0.5) is 0 Å². The van der Waals surface area contributed by atoms with Gasteiger partial charge in [-0.1, -0.05) is 24.3 Å². The fourth-order valence-electron chi connectivity index (χ4n) is 2.44. The van der Waals surface area contributed by atoms with E-state index in [1.54, 1.807) is 18.3 Å². The summed E-state index contributed by atoms with van der Waals surface area (Å²) in [6.07, 6.45) is 1.66. The molecule has 0 bridgehead atoms. The summed E-state index contributed by atoms with van der Waals surface area (Å²) in [5.41, 5.74) is 1.53. The van der Waals surface area contributed by atoms with Gasteiger partial charge in [-0.2, -0.15) is 0 Å². The number of H-pyrrole nitrogens is 1. The number of carbonyl (C=O) groups is 2. The van der Waals surface area contributed by atoms with Crippen LogP contribution in [-0.4, -0.2) is 21.8 Å². The number of aliphatic carboxylic acids is 1. The van der Waals surface area contributed by atoms with Gasteiger partial charge in [-0.3, -0.25) is 9.59 Å². The Morgan fingerprint density at radius 3 is 2.71 bits per heavy atom. The van der Waals surface area contributed by atoms with Gasteiger partial charge in [0.2, 0.25) is 0 Å². The van der Waals surface area contributed by atoms with E-state index < -0.39 is 11.9 Å². The molecule has 0 saturated carbocycles. The van der Waals surface area contributed by atoms with Crippen molar-refractivity contribution >= 4 is 34.0 Å². The Bertz CT molecular complexity index is 789. The third-order valence-electron chi connectivity index (χ3n) is 3.48. The lowest BCUT2D eigenvalue weighted by atomic mass is 9.93. The van der Waals surface area contributed by atoms with Crippen LogP contribution in [0.2, 0.25) is 0 Å². The number of fused-ring (bicyclic) bond motifs is 1. The maximum atomic E-state index is 12.2. The SMILES string of the molecule is O=C(CC(C(=O)O)c1c[nH]c2ccccc12)c1cccs1. The molecule has 2 N–H and O–H groups in total. The summed E-state index contributed by atoms with van der Waals surface area (Å²) >= 11 is 1.34. The van der Waals surface area contributed by atoms with Crippen LogP contribution >= 0.6 is 11.3 Å². The lowest BCUT2D eigenvalue weighted by molar-refractivity contribution is -0.138. The van der Waals surface area contributed by atoms with Crippen molar-refractivity contribution in [2.45, 2.75) is 12.3 Å². The fourth-order valence-corrected chi connectivity index (χ4v) is 3.11. The van der Waals surface area contributed by atoms with E-state index >= 15 is 0 Å². The molecule has 106 valence electrons. The molecule has 0 spiro atoms. The molecular weight excluding hydrogens is 286 g/mol. The summed E-state index contributed by atoms with van der Waals surface area (Å²) in [5.74, 6) is -1.96. The van der Waals surface area contributed by atoms with E-state index in [-0.39, 0.29) is 12.2 Å². The van der Waals surface area contributed by atoms with Crippen LogP contribution in [0.25, 0.3) is 10.9 Å². The number of thiophene rings is 1. The van der Waals surface area contributed by atoms with Crippen molar-refractivity contribution in [3.05, 3.63) is 58.4 Å². The second kappa shape index (κ2) is 5.54. The van der Waals surface area contributed by atoms with Gasteiger partial charge in [0.05, 0.1) is 10.8 Å². The molecular formula is C16H13NO3S. The van der Waals surface area contributed by atoms with Gasteiger partial charge in [-0.05, 0) is 23.1 Å². The highest BCUT2D eigenvalue weighted by Crippen LogP contribution is 2.29. The predicted octanol–water partition coefficient (Wildman–Crippen LogP) is 3.67. The van der Waals surface area contributed by atoms with E-state index in [1.165, 1.54) is 11.3 Å². The molecule has 1 aromatic carbocycles. The summed E-state index contributed by atoms with van der Waals surface area (Å²) in [7, 11) is 0. The van der Waals surface area contributed by atoms with Crippen LogP contribution in [0.5, 0.6) is 0 Å². The molecule has 0 aliphatic carbocycles. The van der Waals surface area contributed by atoms with Gasteiger partial charge >= 0.3 is 5.97 Å². The third-order valence-corrected chi connectivity index (χ3v) is 4.39. The van der Waals surface area contributed by atoms with Crippen molar-refractivity contribution in [3.8, 4) is 0 Å². The minimum atomic E-state index is -0.982. The number of aromatic nitrogens is 1. The number of benzene rings is 1. The molecule has 21 heavy (non-hydrogen) atoms. The number of carboxylic acids is 1. The quantitative estimate of drug-likeness (QED) is 0.706. The van der Waals surface area contributed by atoms with Gasteiger partial charge in [0.1, 0.15) is 0 Å². The van der Waals surface area contributed by atoms with Gasteiger partial charge in [0.25, 0.3) is 0 Å². The van der Waals surface area contributed by atoms with Gasteiger partial charge < -0.3 is 10.1 Å². The summed E-state index contributed by atoms with van der Waals surface area (Å²) in [6, 6.07) is 11.0. The molecule has 0 aliphatic rings. The van der Waals surface area contributed by atoms with Crippen molar-refractivity contribution in [1.29, 1.82) is 0 Å². The van der Waals surface area contributed by atoms with Crippen LogP contribution in [0.15, 0.2) is 48.0 Å². The molecule has 0 aliphatic heterocycles. The van der Waals surface area contributed by atoms with E-state index in [9.17, 15) is 14.7 Å². The highest BCUT2D eigenvalue weighted by molar-refractivity contribution is 7.12. The van der Waals surface area contributed by atoms with Gasteiger partial charge in [-0.25, -0.2) is 0 Å². The van der Waals surface area contributed by atoms with Gasteiger partial charge in [-0.15, -0.1) is 11.3 Å². The van der Waals surface area contributed by atoms with E-state index in [1.807, 2.05) is 29.6 Å². The Morgan fingerprint density at radius 2 is 2.00 bits per heavy atom. The number of para-hydroxylation sites is 1. The van der Waals surface area contributed by atoms with Crippen LogP contribution in [0, 0.1) is 0 Å². The zero-order valence-electron chi connectivity index (χ0n) is 11.1. The van der Waals surface area contributed by atoms with Gasteiger partial charge in [0.15, 0.2) is 5.78 Å². The molecule has 3 rings (SSSR count). The molecule has 3 aromatic rings. The monoisotopic (exact) mass is 299 g/mol. The zero-order chi connectivity index (χ0) is 14.8. The summed E-state index contributed by atoms with van der Waals surface area (Å²) in [4.78, 5) is 27.4. The van der Waals surface area contributed by atoms with Crippen molar-refractivity contribution < 1.29 is 14.7 Å². The van der Waals surface area contributed by atoms with Gasteiger partial charge in [0, 0.05) is 23.5 Å². The molecule has 2 heterocycles. The molecule has 5 heteroatoms. The first kappa shape index (κ1) is 13.6. The Kier molecular flexibility index (Phi) is 3.58. The second-order valence-electron chi connectivity index (χ2n) is 4.79. The summed E-state index contributed by atoms with van der Waals surface area (Å²) < 4.78 is 0. The van der Waals surface area contributed by atoms with Crippen molar-refractivity contribution in [2.75, 3.05) is 0 Å². The first-order valence-electron chi connectivity index (χ1n) is 6.52. The predicted molar refractivity (Wildman–Crippen MR) is 81.9 cm³/mol. The first-order valence-corrected chi connectivity index (χ1v) is 7.40. The number of carbonyl (C=O) groups excluding carboxylic acids is 1. The van der Waals surface area contributed by atoms with E-state index in [4.69, 9.17) is 0 Å². The number of carboxylic acid groups (broad SMARTS) is 1. The molecule has 1 atom stereocenters. The highest BCUT2D eigenvalue weighted by Gasteiger charge is 2.26. The van der Waals surface area contributed by atoms with Crippen molar-refractivity contribution in [3.63, 3.8) is 0 Å². The topological polar surface area (TPSA) is 70.2 Å². The normalized spacial score (nSPS) is 12.4. The molecule has 0 amide bonds. The molecule has 0 saturated heterocycles. The average molecular weight is 299 g/mol. The number of hydrogen-bond acceptors (Lipinski definition) is 3. The number of rotatable bonds is 5. The number of aromatic amines is 1. The number of hydrogen-bond donors (Lipinski definition) is 2. The van der Waals surface area contributed by atoms with Crippen LogP contribution < -0.4 is 0 Å². The van der Waals surface area contributed by atoms with E-state index in [0.29, 0.717) is 10.4 Å². The Balaban J connectivity index is 1.95. The number of Topliss-reactive ketones (excluding diaryl/α,β-unsaturated/α-hetero) is 1. The number of nitrogens with one attached hydrogen (secondary N) is 1. The molecule has 0 radical (unpaired) electrons. The van der Waals surface area contributed by atoms with Crippen LogP contribution in [-0.2, 0) is 4.79 Å². The zero-order valence-corrected chi connectivity index (χ0v) is 11.9. The standard InChI is InChI=1S/C16H13NO3S/c18-14(15-6-3-7-21-15)8-11(16(19)20)12-9-17-13-5-2-1-4-10(12)13/h1-7,9,11,17H,8H2,(H,19,20). The average Bonchev–Trinajstić information content (AvgIpc) is 3.14. The van der Waals surface area contributed by atoms with Crippen LogP contribution in [0.1, 0.15) is 27.6 Å². The maximum Gasteiger partial charge on any atom is 0.311 e. The second-order valence-corrected chi connectivity index (χ2v) is 5.73. The Morgan fingerprint density at radius 1 is 1.19 bits per heavy atom.